The average Bonchev–Trinajstić information content (AvgIpc) is 3.28. The predicted molar refractivity (Wildman–Crippen MR) is 143 cm³/mol. The number of carbonyl (C=O) groups excluding carboxylic acids is 1. The molecule has 4 N–H and O–H groups in total. The highest BCUT2D eigenvalue weighted by molar-refractivity contribution is 5.79. The number of aliphatic hydroxyl groups is 2. The summed E-state index contributed by atoms with van der Waals surface area (Å²) >= 11 is 0. The van der Waals surface area contributed by atoms with Gasteiger partial charge in [0.05, 0.1) is 11.7 Å². The highest BCUT2D eigenvalue weighted by Gasteiger charge is 2.44. The maximum Gasteiger partial charge on any atom is 0.225 e. The van der Waals surface area contributed by atoms with Gasteiger partial charge in [0, 0.05) is 50.2 Å². The fourth-order valence-electron chi connectivity index (χ4n) is 5.96. The lowest BCUT2D eigenvalue weighted by Crippen LogP contribution is -2.49. The first-order valence-corrected chi connectivity index (χ1v) is 13.6. The SMILES string of the molecule is COCCCCC(O)(c1ccccc1OCc1ccccc1)C1CCCN(C(=O)C2CC(N)C(O)C2)C1. The zero-order valence-electron chi connectivity index (χ0n) is 21.9. The molecule has 2 aliphatic rings. The number of carbonyl (C=O) groups is 1. The molecular weight excluding hydrogens is 468 g/mol. The van der Waals surface area contributed by atoms with Gasteiger partial charge in [0.25, 0.3) is 0 Å². The Morgan fingerprint density at radius 2 is 1.86 bits per heavy atom. The molecular formula is C30H42N2O5. The van der Waals surface area contributed by atoms with E-state index < -0.39 is 11.7 Å². The Labute approximate surface area is 220 Å². The van der Waals surface area contributed by atoms with Gasteiger partial charge in [0.1, 0.15) is 12.4 Å². The van der Waals surface area contributed by atoms with E-state index in [-0.39, 0.29) is 23.8 Å². The smallest absolute Gasteiger partial charge is 0.225 e. The Hall–Kier alpha value is -2.45. The Balaban J connectivity index is 1.56. The summed E-state index contributed by atoms with van der Waals surface area (Å²) in [6.07, 6.45) is 4.15. The summed E-state index contributed by atoms with van der Waals surface area (Å²) in [6, 6.07) is 17.4. The van der Waals surface area contributed by atoms with Crippen LogP contribution in [0.1, 0.15) is 56.1 Å². The van der Waals surface area contributed by atoms with Gasteiger partial charge in [0.15, 0.2) is 0 Å². The minimum atomic E-state index is -1.15. The number of ether oxygens (including phenoxy) is 2. The van der Waals surface area contributed by atoms with E-state index in [1.165, 1.54) is 0 Å². The number of piperidine rings is 1. The maximum absolute atomic E-state index is 13.4. The molecule has 1 amide bonds. The van der Waals surface area contributed by atoms with Crippen LogP contribution in [-0.2, 0) is 21.7 Å². The topological polar surface area (TPSA) is 105 Å². The molecule has 0 radical (unpaired) electrons. The number of hydrogen-bond acceptors (Lipinski definition) is 6. The van der Waals surface area contributed by atoms with Crippen LogP contribution in [0.2, 0.25) is 0 Å². The van der Waals surface area contributed by atoms with E-state index in [0.717, 1.165) is 36.8 Å². The van der Waals surface area contributed by atoms with Crippen molar-refractivity contribution in [2.24, 2.45) is 17.6 Å². The molecule has 1 saturated carbocycles. The van der Waals surface area contributed by atoms with Crippen LogP contribution in [0.5, 0.6) is 5.75 Å². The molecule has 7 heteroatoms. The van der Waals surface area contributed by atoms with Crippen molar-refractivity contribution in [2.75, 3.05) is 26.8 Å². The Bertz CT molecular complexity index is 992. The van der Waals surface area contributed by atoms with Crippen LogP contribution in [0.25, 0.3) is 0 Å². The molecule has 202 valence electrons. The molecule has 0 bridgehead atoms. The Morgan fingerprint density at radius 3 is 2.59 bits per heavy atom. The minimum absolute atomic E-state index is 0.0482. The van der Waals surface area contributed by atoms with Gasteiger partial charge in [-0.2, -0.15) is 0 Å². The molecule has 1 aliphatic heterocycles. The molecule has 0 aromatic heterocycles. The van der Waals surface area contributed by atoms with Crippen LogP contribution in [0.3, 0.4) is 0 Å². The van der Waals surface area contributed by atoms with Crippen molar-refractivity contribution < 1.29 is 24.5 Å². The van der Waals surface area contributed by atoms with Gasteiger partial charge in [-0.15, -0.1) is 0 Å². The number of rotatable bonds is 11. The lowest BCUT2D eigenvalue weighted by molar-refractivity contribution is -0.141. The molecule has 1 saturated heterocycles. The van der Waals surface area contributed by atoms with Crippen LogP contribution in [0, 0.1) is 11.8 Å². The zero-order valence-corrected chi connectivity index (χ0v) is 21.9. The molecule has 1 heterocycles. The summed E-state index contributed by atoms with van der Waals surface area (Å²) in [5.74, 6) is 0.343. The van der Waals surface area contributed by atoms with Gasteiger partial charge in [-0.05, 0) is 56.6 Å². The number of likely N-dealkylation sites (tertiary alicyclic amines) is 1. The quantitative estimate of drug-likeness (QED) is 0.399. The second kappa shape index (κ2) is 12.9. The molecule has 7 nitrogen and oxygen atoms in total. The van der Waals surface area contributed by atoms with Crippen molar-refractivity contribution in [3.63, 3.8) is 0 Å². The fourth-order valence-corrected chi connectivity index (χ4v) is 5.96. The largest absolute Gasteiger partial charge is 0.489 e. The van der Waals surface area contributed by atoms with Crippen molar-refractivity contribution in [1.82, 2.24) is 4.90 Å². The molecule has 5 unspecified atom stereocenters. The third kappa shape index (κ3) is 6.71. The first-order chi connectivity index (χ1) is 17.9. The summed E-state index contributed by atoms with van der Waals surface area (Å²) in [6.45, 7) is 2.20. The van der Waals surface area contributed by atoms with E-state index in [1.54, 1.807) is 7.11 Å². The predicted octanol–water partition coefficient (Wildman–Crippen LogP) is 3.61. The summed E-state index contributed by atoms with van der Waals surface area (Å²) in [7, 11) is 1.69. The highest BCUT2D eigenvalue weighted by Crippen LogP contribution is 2.44. The van der Waals surface area contributed by atoms with Gasteiger partial charge in [-0.3, -0.25) is 4.79 Å². The number of para-hydroxylation sites is 1. The van der Waals surface area contributed by atoms with Crippen molar-refractivity contribution in [2.45, 2.75) is 69.3 Å². The number of benzene rings is 2. The van der Waals surface area contributed by atoms with Crippen molar-refractivity contribution in [3.05, 3.63) is 65.7 Å². The number of nitrogens with two attached hydrogens (primary N) is 1. The van der Waals surface area contributed by atoms with E-state index in [9.17, 15) is 15.0 Å². The summed E-state index contributed by atoms with van der Waals surface area (Å²) in [5.41, 5.74) is 6.68. The van der Waals surface area contributed by atoms with Gasteiger partial charge in [0.2, 0.25) is 5.91 Å². The molecule has 2 aromatic rings. The average molecular weight is 511 g/mol. The number of nitrogens with zero attached hydrogens (tertiary/aromatic N) is 1. The second-order valence-corrected chi connectivity index (χ2v) is 10.7. The molecule has 0 spiro atoms. The number of unbranched alkanes of at least 4 members (excludes halogenated alkanes) is 1. The number of aliphatic hydroxyl groups excluding tert-OH is 1. The van der Waals surface area contributed by atoms with Crippen molar-refractivity contribution in [1.29, 1.82) is 0 Å². The lowest BCUT2D eigenvalue weighted by Gasteiger charge is -2.44. The van der Waals surface area contributed by atoms with Gasteiger partial charge >= 0.3 is 0 Å². The molecule has 2 fully saturated rings. The van der Waals surface area contributed by atoms with Crippen molar-refractivity contribution >= 4 is 5.91 Å². The molecule has 5 atom stereocenters. The number of hydrogen-bond donors (Lipinski definition) is 3. The van der Waals surface area contributed by atoms with E-state index in [4.69, 9.17) is 15.2 Å². The minimum Gasteiger partial charge on any atom is -0.489 e. The maximum atomic E-state index is 13.4. The normalized spacial score (nSPS) is 25.6. The second-order valence-electron chi connectivity index (χ2n) is 10.7. The van der Waals surface area contributed by atoms with Crippen LogP contribution >= 0.6 is 0 Å². The summed E-state index contributed by atoms with van der Waals surface area (Å²) < 4.78 is 11.5. The summed E-state index contributed by atoms with van der Waals surface area (Å²) in [4.78, 5) is 15.2. The third-order valence-electron chi connectivity index (χ3n) is 8.08. The third-order valence-corrected chi connectivity index (χ3v) is 8.08. The summed E-state index contributed by atoms with van der Waals surface area (Å²) in [5, 5.41) is 22.5. The van der Waals surface area contributed by atoms with Crippen LogP contribution in [-0.4, -0.2) is 60.0 Å². The first-order valence-electron chi connectivity index (χ1n) is 13.6. The Morgan fingerprint density at radius 1 is 1.11 bits per heavy atom. The fraction of sp³-hybridized carbons (Fsp3) is 0.567. The number of amides is 1. The van der Waals surface area contributed by atoms with Crippen LogP contribution < -0.4 is 10.5 Å². The van der Waals surface area contributed by atoms with Gasteiger partial charge in [-0.25, -0.2) is 0 Å². The molecule has 1 aliphatic carbocycles. The van der Waals surface area contributed by atoms with Crippen LogP contribution in [0.15, 0.2) is 54.6 Å². The van der Waals surface area contributed by atoms with Gasteiger partial charge in [-0.1, -0.05) is 48.5 Å². The van der Waals surface area contributed by atoms with Crippen molar-refractivity contribution in [3.8, 4) is 5.75 Å². The van der Waals surface area contributed by atoms with E-state index in [2.05, 4.69) is 0 Å². The van der Waals surface area contributed by atoms with Crippen LogP contribution in [0.4, 0.5) is 0 Å². The molecule has 2 aromatic carbocycles. The van der Waals surface area contributed by atoms with Gasteiger partial charge < -0.3 is 30.3 Å². The Kier molecular flexibility index (Phi) is 9.60. The molecule has 4 rings (SSSR count). The van der Waals surface area contributed by atoms with E-state index >= 15 is 0 Å². The van der Waals surface area contributed by atoms with E-state index in [0.29, 0.717) is 51.3 Å². The zero-order chi connectivity index (χ0) is 26.3. The molecule has 37 heavy (non-hydrogen) atoms. The van der Waals surface area contributed by atoms with E-state index in [1.807, 2.05) is 59.5 Å². The standard InChI is InChI=1S/C30H42N2O5/c1-36-17-8-7-15-30(35,25-13-5-6-14-28(25)37-21-22-10-3-2-4-11-22)24-12-9-16-32(20-24)29(34)23-18-26(31)27(33)19-23/h2-6,10-11,13-14,23-24,26-27,33,35H,7-9,12,15-21,31H2,1H3. The highest BCUT2D eigenvalue weighted by atomic mass is 16.5. The monoisotopic (exact) mass is 510 g/mol. The number of methoxy groups -OCH3 is 1. The lowest BCUT2D eigenvalue weighted by atomic mass is 9.73. The first kappa shape index (κ1) is 27.6.